The van der Waals surface area contributed by atoms with Gasteiger partial charge in [-0.2, -0.15) is 0 Å². The molecule has 1 saturated heterocycles. The second-order valence-corrected chi connectivity index (χ2v) is 3.94. The number of alkyl halides is 2. The molecule has 1 heterocycles. The molecule has 0 atom stereocenters. The lowest BCUT2D eigenvalue weighted by Crippen LogP contribution is -2.49. The Kier molecular flexibility index (Phi) is 4.89. The fourth-order valence-corrected chi connectivity index (χ4v) is 1.72. The summed E-state index contributed by atoms with van der Waals surface area (Å²) in [5.74, 6) is 0. The Morgan fingerprint density at radius 1 is 1.40 bits per heavy atom. The van der Waals surface area contributed by atoms with Gasteiger partial charge in [-0.3, -0.25) is 0 Å². The maximum absolute atomic E-state index is 12.4. The molecule has 15 heavy (non-hydrogen) atoms. The van der Waals surface area contributed by atoms with Gasteiger partial charge in [-0.1, -0.05) is 0 Å². The average Bonchev–Trinajstić information content (AvgIpc) is 2.21. The molecule has 0 amide bonds. The summed E-state index contributed by atoms with van der Waals surface area (Å²) in [4.78, 5) is 2.05. The minimum Gasteiger partial charge on any atom is -0.384 e. The summed E-state index contributed by atoms with van der Waals surface area (Å²) in [5, 5.41) is 9.53. The lowest BCUT2D eigenvalue weighted by Gasteiger charge is -2.37. The van der Waals surface area contributed by atoms with Crippen LogP contribution in [0.4, 0.5) is 8.78 Å². The van der Waals surface area contributed by atoms with Gasteiger partial charge in [0.2, 0.25) is 0 Å². The van der Waals surface area contributed by atoms with E-state index in [0.717, 1.165) is 6.54 Å². The van der Waals surface area contributed by atoms with Gasteiger partial charge in [0, 0.05) is 26.2 Å². The van der Waals surface area contributed by atoms with Crippen LogP contribution in [0, 0.1) is 0 Å². The Balaban J connectivity index is 2.23. The van der Waals surface area contributed by atoms with Crippen LogP contribution in [0.3, 0.4) is 0 Å². The Hall–Kier alpha value is -0.260. The van der Waals surface area contributed by atoms with Crippen LogP contribution in [0.5, 0.6) is 0 Å². The van der Waals surface area contributed by atoms with Crippen LogP contribution in [0.15, 0.2) is 0 Å². The van der Waals surface area contributed by atoms with Crippen molar-refractivity contribution in [2.24, 2.45) is 0 Å². The summed E-state index contributed by atoms with van der Waals surface area (Å²) in [5.41, 5.74) is -1.76. The van der Waals surface area contributed by atoms with Crippen LogP contribution >= 0.6 is 0 Å². The summed E-state index contributed by atoms with van der Waals surface area (Å²) in [6.07, 6.45) is -2.33. The fourth-order valence-electron chi connectivity index (χ4n) is 1.72. The van der Waals surface area contributed by atoms with Crippen molar-refractivity contribution in [3.63, 3.8) is 0 Å². The highest BCUT2D eigenvalue weighted by molar-refractivity contribution is 4.87. The van der Waals surface area contributed by atoms with E-state index in [2.05, 4.69) is 0 Å². The SMILES string of the molecule is CCOCCN1CCC(O)(C(F)F)CC1. The largest absolute Gasteiger partial charge is 0.384 e. The number of piperidine rings is 1. The van der Waals surface area contributed by atoms with Gasteiger partial charge in [-0.05, 0) is 19.8 Å². The first-order valence-corrected chi connectivity index (χ1v) is 5.39. The molecule has 0 aliphatic carbocycles. The van der Waals surface area contributed by atoms with Gasteiger partial charge in [0.05, 0.1) is 6.61 Å². The van der Waals surface area contributed by atoms with E-state index in [1.807, 2.05) is 11.8 Å². The van der Waals surface area contributed by atoms with E-state index in [1.165, 1.54) is 0 Å². The number of hydrogen-bond acceptors (Lipinski definition) is 3. The second kappa shape index (κ2) is 5.72. The number of rotatable bonds is 5. The van der Waals surface area contributed by atoms with Gasteiger partial charge in [-0.15, -0.1) is 0 Å². The zero-order chi connectivity index (χ0) is 11.3. The third-order valence-corrected chi connectivity index (χ3v) is 2.88. The number of halogens is 2. The molecule has 0 aromatic carbocycles. The quantitative estimate of drug-likeness (QED) is 0.709. The van der Waals surface area contributed by atoms with Gasteiger partial charge >= 0.3 is 0 Å². The van der Waals surface area contributed by atoms with Crippen molar-refractivity contribution in [3.05, 3.63) is 0 Å². The molecule has 1 N–H and O–H groups in total. The van der Waals surface area contributed by atoms with E-state index in [4.69, 9.17) is 4.74 Å². The minimum absolute atomic E-state index is 0.150. The number of nitrogens with zero attached hydrogens (tertiary/aromatic N) is 1. The van der Waals surface area contributed by atoms with Crippen molar-refractivity contribution in [3.8, 4) is 0 Å². The fraction of sp³-hybridized carbons (Fsp3) is 1.00. The van der Waals surface area contributed by atoms with E-state index < -0.39 is 12.0 Å². The lowest BCUT2D eigenvalue weighted by atomic mass is 9.92. The summed E-state index contributed by atoms with van der Waals surface area (Å²) >= 11 is 0. The standard InChI is InChI=1S/C10H19F2NO2/c1-2-15-8-7-13-5-3-10(14,4-6-13)9(11)12/h9,14H,2-8H2,1H3. The molecule has 0 bridgehead atoms. The maximum atomic E-state index is 12.4. The highest BCUT2D eigenvalue weighted by Crippen LogP contribution is 2.28. The third-order valence-electron chi connectivity index (χ3n) is 2.88. The molecule has 1 aliphatic rings. The predicted octanol–water partition coefficient (Wildman–Crippen LogP) is 1.11. The summed E-state index contributed by atoms with van der Waals surface area (Å²) < 4.78 is 30.1. The summed E-state index contributed by atoms with van der Waals surface area (Å²) in [6.45, 7) is 5.03. The van der Waals surface area contributed by atoms with E-state index in [-0.39, 0.29) is 12.8 Å². The number of hydrogen-bond donors (Lipinski definition) is 1. The van der Waals surface area contributed by atoms with Crippen molar-refractivity contribution in [1.82, 2.24) is 4.90 Å². The van der Waals surface area contributed by atoms with Crippen molar-refractivity contribution in [2.75, 3.05) is 32.8 Å². The third kappa shape index (κ3) is 3.66. The highest BCUT2D eigenvalue weighted by atomic mass is 19.3. The predicted molar refractivity (Wildman–Crippen MR) is 53.1 cm³/mol. The first-order chi connectivity index (χ1) is 7.08. The Morgan fingerprint density at radius 2 is 2.00 bits per heavy atom. The zero-order valence-corrected chi connectivity index (χ0v) is 9.09. The summed E-state index contributed by atoms with van der Waals surface area (Å²) in [7, 11) is 0. The Labute approximate surface area is 89.0 Å². The second-order valence-electron chi connectivity index (χ2n) is 3.94. The molecule has 3 nitrogen and oxygen atoms in total. The molecule has 0 spiro atoms. The van der Waals surface area contributed by atoms with Crippen LogP contribution in [-0.4, -0.2) is 54.9 Å². The molecule has 0 aromatic rings. The Bertz CT molecular complexity index is 182. The van der Waals surface area contributed by atoms with Crippen LogP contribution in [0.1, 0.15) is 19.8 Å². The molecule has 1 fully saturated rings. The van der Waals surface area contributed by atoms with Crippen LogP contribution in [0.25, 0.3) is 0 Å². The van der Waals surface area contributed by atoms with Gasteiger partial charge in [-0.25, -0.2) is 8.78 Å². The molecule has 90 valence electrons. The van der Waals surface area contributed by atoms with Gasteiger partial charge in [0.25, 0.3) is 6.43 Å². The van der Waals surface area contributed by atoms with Crippen molar-refractivity contribution in [2.45, 2.75) is 31.8 Å². The molecule has 0 aromatic heterocycles. The topological polar surface area (TPSA) is 32.7 Å². The molecule has 1 aliphatic heterocycles. The molecule has 0 radical (unpaired) electrons. The van der Waals surface area contributed by atoms with E-state index in [1.54, 1.807) is 0 Å². The smallest absolute Gasteiger partial charge is 0.266 e. The maximum Gasteiger partial charge on any atom is 0.266 e. The van der Waals surface area contributed by atoms with Crippen molar-refractivity contribution < 1.29 is 18.6 Å². The van der Waals surface area contributed by atoms with Crippen LogP contribution in [-0.2, 0) is 4.74 Å². The number of aliphatic hydroxyl groups is 1. The molecule has 1 rings (SSSR count). The lowest BCUT2D eigenvalue weighted by molar-refractivity contribution is -0.127. The molecular weight excluding hydrogens is 204 g/mol. The normalized spacial score (nSPS) is 22.2. The first kappa shape index (κ1) is 12.8. The van der Waals surface area contributed by atoms with Crippen LogP contribution in [0.2, 0.25) is 0 Å². The first-order valence-electron chi connectivity index (χ1n) is 5.39. The van der Waals surface area contributed by atoms with E-state index >= 15 is 0 Å². The molecule has 0 unspecified atom stereocenters. The zero-order valence-electron chi connectivity index (χ0n) is 9.09. The van der Waals surface area contributed by atoms with Gasteiger partial charge in [0.1, 0.15) is 5.60 Å². The molecule has 0 saturated carbocycles. The highest BCUT2D eigenvalue weighted by Gasteiger charge is 2.40. The van der Waals surface area contributed by atoms with Crippen LogP contribution < -0.4 is 0 Å². The Morgan fingerprint density at radius 3 is 2.47 bits per heavy atom. The molecule has 5 heteroatoms. The van der Waals surface area contributed by atoms with Gasteiger partial charge < -0.3 is 14.7 Å². The van der Waals surface area contributed by atoms with Gasteiger partial charge in [0.15, 0.2) is 0 Å². The van der Waals surface area contributed by atoms with Crippen molar-refractivity contribution >= 4 is 0 Å². The molecular formula is C10H19F2NO2. The summed E-state index contributed by atoms with van der Waals surface area (Å²) in [6, 6.07) is 0. The monoisotopic (exact) mass is 223 g/mol. The number of likely N-dealkylation sites (tertiary alicyclic amines) is 1. The average molecular weight is 223 g/mol. The van der Waals surface area contributed by atoms with E-state index in [9.17, 15) is 13.9 Å². The minimum atomic E-state index is -2.63. The van der Waals surface area contributed by atoms with E-state index in [0.29, 0.717) is 26.3 Å². The van der Waals surface area contributed by atoms with Crippen molar-refractivity contribution in [1.29, 1.82) is 0 Å². The number of ether oxygens (including phenoxy) is 1.